The summed E-state index contributed by atoms with van der Waals surface area (Å²) in [5.74, 6) is 0.885. The number of nitriles is 1. The van der Waals surface area contributed by atoms with Gasteiger partial charge in [0, 0.05) is 6.61 Å². The molecule has 1 saturated heterocycles. The van der Waals surface area contributed by atoms with Gasteiger partial charge in [-0.15, -0.1) is 0 Å². The molecule has 1 aliphatic rings. The van der Waals surface area contributed by atoms with Gasteiger partial charge in [-0.05, 0) is 12.8 Å². The lowest BCUT2D eigenvalue weighted by Crippen LogP contribution is -2.13. The standard InChI is InChI=1S/C6H8NO/c7-4-6-2-1-3-8-5-6/h1-3,5H2. The Morgan fingerprint density at radius 3 is 2.88 bits per heavy atom. The molecule has 0 amide bonds. The Balaban J connectivity index is 2.25. The summed E-state index contributed by atoms with van der Waals surface area (Å²) in [6, 6.07) is 2.10. The van der Waals surface area contributed by atoms with Crippen molar-refractivity contribution in [1.29, 1.82) is 5.26 Å². The lowest BCUT2D eigenvalue weighted by molar-refractivity contribution is 0.118. The summed E-state index contributed by atoms with van der Waals surface area (Å²) in [6.45, 7) is 1.39. The van der Waals surface area contributed by atoms with Crippen LogP contribution in [0.25, 0.3) is 0 Å². The van der Waals surface area contributed by atoms with Crippen LogP contribution in [-0.4, -0.2) is 13.2 Å². The van der Waals surface area contributed by atoms with Crippen molar-refractivity contribution < 1.29 is 4.74 Å². The Kier molecular flexibility index (Phi) is 1.87. The number of nitrogens with zero attached hydrogens (tertiary/aromatic N) is 1. The average Bonchev–Trinajstić information content (AvgIpc) is 1.90. The van der Waals surface area contributed by atoms with Crippen LogP contribution in [0.3, 0.4) is 0 Å². The number of hydrogen-bond donors (Lipinski definition) is 0. The number of rotatable bonds is 0. The van der Waals surface area contributed by atoms with E-state index in [4.69, 9.17) is 10.00 Å². The van der Waals surface area contributed by atoms with Gasteiger partial charge in [0.05, 0.1) is 12.7 Å². The molecular formula is C6H8NO. The van der Waals surface area contributed by atoms with E-state index in [2.05, 4.69) is 6.07 Å². The maximum atomic E-state index is 8.32. The van der Waals surface area contributed by atoms with Crippen molar-refractivity contribution in [2.75, 3.05) is 13.2 Å². The molecule has 0 aromatic rings. The highest BCUT2D eigenvalue weighted by atomic mass is 16.5. The molecule has 0 spiro atoms. The largest absolute Gasteiger partial charge is 0.380 e. The van der Waals surface area contributed by atoms with Crippen LogP contribution < -0.4 is 0 Å². The molecular weight excluding hydrogens is 102 g/mol. The topological polar surface area (TPSA) is 33.0 Å². The SMILES string of the molecule is N#C[C]1CCCOC1. The lowest BCUT2D eigenvalue weighted by atomic mass is 10.1. The Bertz CT molecular complexity index is 99.6. The summed E-state index contributed by atoms with van der Waals surface area (Å²) in [4.78, 5) is 0. The van der Waals surface area contributed by atoms with Crippen LogP contribution in [0.2, 0.25) is 0 Å². The molecule has 1 heterocycles. The second kappa shape index (κ2) is 2.68. The fourth-order valence-electron chi connectivity index (χ4n) is 0.743. The van der Waals surface area contributed by atoms with Gasteiger partial charge in [-0.2, -0.15) is 5.26 Å². The molecule has 0 saturated carbocycles. The van der Waals surface area contributed by atoms with Crippen LogP contribution in [0.4, 0.5) is 0 Å². The van der Waals surface area contributed by atoms with Gasteiger partial charge in [-0.1, -0.05) is 0 Å². The van der Waals surface area contributed by atoms with Crippen molar-refractivity contribution in [2.45, 2.75) is 12.8 Å². The summed E-state index contributed by atoms with van der Waals surface area (Å²) in [6.07, 6.45) is 1.96. The van der Waals surface area contributed by atoms with Crippen LogP contribution in [-0.2, 0) is 4.74 Å². The first-order chi connectivity index (χ1) is 3.93. The summed E-state index contributed by atoms with van der Waals surface area (Å²) < 4.78 is 5.01. The molecule has 1 aliphatic heterocycles. The van der Waals surface area contributed by atoms with Crippen LogP contribution in [0, 0.1) is 17.2 Å². The molecule has 0 atom stereocenters. The van der Waals surface area contributed by atoms with Crippen LogP contribution in [0.15, 0.2) is 0 Å². The van der Waals surface area contributed by atoms with Gasteiger partial charge >= 0.3 is 0 Å². The van der Waals surface area contributed by atoms with Crippen LogP contribution in [0.5, 0.6) is 0 Å². The second-order valence-electron chi connectivity index (χ2n) is 1.87. The fraction of sp³-hybridized carbons (Fsp3) is 0.667. The first-order valence-electron chi connectivity index (χ1n) is 2.76. The van der Waals surface area contributed by atoms with Gasteiger partial charge in [-0.3, -0.25) is 0 Å². The van der Waals surface area contributed by atoms with E-state index in [1.54, 1.807) is 0 Å². The molecule has 1 rings (SSSR count). The van der Waals surface area contributed by atoms with E-state index in [0.29, 0.717) is 6.61 Å². The van der Waals surface area contributed by atoms with Crippen molar-refractivity contribution in [3.8, 4) is 6.07 Å². The highest BCUT2D eigenvalue weighted by molar-refractivity contribution is 5.11. The zero-order chi connectivity index (χ0) is 5.82. The summed E-state index contributed by atoms with van der Waals surface area (Å²) in [5.41, 5.74) is 0. The Morgan fingerprint density at radius 2 is 2.50 bits per heavy atom. The van der Waals surface area contributed by atoms with E-state index in [0.717, 1.165) is 25.4 Å². The van der Waals surface area contributed by atoms with E-state index in [1.165, 1.54) is 0 Å². The monoisotopic (exact) mass is 110 g/mol. The first kappa shape index (κ1) is 5.58. The van der Waals surface area contributed by atoms with Crippen molar-refractivity contribution in [3.05, 3.63) is 5.92 Å². The van der Waals surface area contributed by atoms with E-state index in [1.807, 2.05) is 0 Å². The van der Waals surface area contributed by atoms with Gasteiger partial charge in [0.25, 0.3) is 0 Å². The van der Waals surface area contributed by atoms with E-state index < -0.39 is 0 Å². The highest BCUT2D eigenvalue weighted by Gasteiger charge is 2.12. The molecule has 0 bridgehead atoms. The van der Waals surface area contributed by atoms with Crippen LogP contribution in [0.1, 0.15) is 12.8 Å². The fourth-order valence-corrected chi connectivity index (χ4v) is 0.743. The zero-order valence-electron chi connectivity index (χ0n) is 4.68. The smallest absolute Gasteiger partial charge is 0.101 e. The van der Waals surface area contributed by atoms with Gasteiger partial charge < -0.3 is 4.74 Å². The molecule has 0 aliphatic carbocycles. The minimum atomic E-state index is 0.566. The molecule has 8 heavy (non-hydrogen) atoms. The van der Waals surface area contributed by atoms with Crippen molar-refractivity contribution >= 4 is 0 Å². The van der Waals surface area contributed by atoms with E-state index in [-0.39, 0.29) is 0 Å². The van der Waals surface area contributed by atoms with E-state index >= 15 is 0 Å². The Hall–Kier alpha value is -0.550. The van der Waals surface area contributed by atoms with Gasteiger partial charge in [0.2, 0.25) is 0 Å². The van der Waals surface area contributed by atoms with Gasteiger partial charge in [0.15, 0.2) is 0 Å². The third kappa shape index (κ3) is 1.21. The normalized spacial score (nSPS) is 22.4. The average molecular weight is 110 g/mol. The molecule has 1 radical (unpaired) electrons. The minimum Gasteiger partial charge on any atom is -0.380 e. The second-order valence-corrected chi connectivity index (χ2v) is 1.87. The van der Waals surface area contributed by atoms with Crippen LogP contribution >= 0.6 is 0 Å². The molecule has 2 nitrogen and oxygen atoms in total. The molecule has 0 aromatic carbocycles. The lowest BCUT2D eigenvalue weighted by Gasteiger charge is -2.13. The molecule has 43 valence electrons. The highest BCUT2D eigenvalue weighted by Crippen LogP contribution is 2.13. The van der Waals surface area contributed by atoms with Gasteiger partial charge in [-0.25, -0.2) is 0 Å². The quantitative estimate of drug-likeness (QED) is 0.464. The van der Waals surface area contributed by atoms with Crippen molar-refractivity contribution in [3.63, 3.8) is 0 Å². The predicted molar refractivity (Wildman–Crippen MR) is 28.9 cm³/mol. The number of ether oxygens (including phenoxy) is 1. The summed E-state index contributed by atoms with van der Waals surface area (Å²) in [7, 11) is 0. The first-order valence-corrected chi connectivity index (χ1v) is 2.76. The van der Waals surface area contributed by atoms with Crippen molar-refractivity contribution in [2.24, 2.45) is 0 Å². The minimum absolute atomic E-state index is 0.566. The third-order valence-corrected chi connectivity index (χ3v) is 1.20. The Morgan fingerprint density at radius 1 is 1.62 bits per heavy atom. The summed E-state index contributed by atoms with van der Waals surface area (Å²) in [5, 5.41) is 8.32. The Labute approximate surface area is 49.1 Å². The summed E-state index contributed by atoms with van der Waals surface area (Å²) >= 11 is 0. The molecule has 1 fully saturated rings. The molecule has 2 heteroatoms. The third-order valence-electron chi connectivity index (χ3n) is 1.20. The maximum absolute atomic E-state index is 8.32. The maximum Gasteiger partial charge on any atom is 0.101 e. The predicted octanol–water partition coefficient (Wildman–Crippen LogP) is 0.895. The van der Waals surface area contributed by atoms with Gasteiger partial charge in [0.1, 0.15) is 5.92 Å². The van der Waals surface area contributed by atoms with Crippen molar-refractivity contribution in [1.82, 2.24) is 0 Å². The zero-order valence-corrected chi connectivity index (χ0v) is 4.68. The van der Waals surface area contributed by atoms with E-state index in [9.17, 15) is 0 Å². The number of hydrogen-bond acceptors (Lipinski definition) is 2. The molecule has 0 aromatic heterocycles. The molecule has 0 N–H and O–H groups in total. The molecule has 0 unspecified atom stereocenters.